The van der Waals surface area contributed by atoms with Crippen LogP contribution in [0.5, 0.6) is 0 Å². The highest BCUT2D eigenvalue weighted by Crippen LogP contribution is 2.26. The van der Waals surface area contributed by atoms with Crippen LogP contribution in [0.2, 0.25) is 0 Å². The monoisotopic (exact) mass is 242 g/mol. The summed E-state index contributed by atoms with van der Waals surface area (Å²) in [5.41, 5.74) is 0.444. The smallest absolute Gasteiger partial charge is 0.0589 e. The van der Waals surface area contributed by atoms with Crippen LogP contribution in [0.25, 0.3) is 0 Å². The third-order valence-corrected chi connectivity index (χ3v) is 3.27. The first kappa shape index (κ1) is 14.9. The molecule has 0 amide bonds. The average molecular weight is 242 g/mol. The average Bonchev–Trinajstić information content (AvgIpc) is 3.04. The summed E-state index contributed by atoms with van der Waals surface area (Å²) in [6.45, 7) is 12.2. The summed E-state index contributed by atoms with van der Waals surface area (Å²) in [6.07, 6.45) is 4.01. The summed E-state index contributed by atoms with van der Waals surface area (Å²) in [6, 6.07) is 0.842. The largest absolute Gasteiger partial charge is 0.383 e. The van der Waals surface area contributed by atoms with E-state index in [0.717, 1.165) is 38.8 Å². The normalized spacial score (nSPS) is 16.8. The van der Waals surface area contributed by atoms with Gasteiger partial charge in [-0.3, -0.25) is 4.90 Å². The van der Waals surface area contributed by atoms with Crippen LogP contribution in [0, 0.1) is 5.41 Å². The maximum Gasteiger partial charge on any atom is 0.0589 e. The molecule has 3 heteroatoms. The van der Waals surface area contributed by atoms with Crippen LogP contribution < -0.4 is 5.32 Å². The molecule has 17 heavy (non-hydrogen) atoms. The Morgan fingerprint density at radius 2 is 1.88 bits per heavy atom. The molecule has 0 aromatic heterocycles. The van der Waals surface area contributed by atoms with E-state index in [9.17, 15) is 0 Å². The molecule has 1 aliphatic carbocycles. The molecule has 0 saturated heterocycles. The first-order valence-electron chi connectivity index (χ1n) is 6.96. The molecule has 102 valence electrons. The molecule has 3 nitrogen and oxygen atoms in total. The van der Waals surface area contributed by atoms with Crippen molar-refractivity contribution >= 4 is 0 Å². The number of nitrogens with zero attached hydrogens (tertiary/aromatic N) is 1. The lowest BCUT2D eigenvalue weighted by molar-refractivity contribution is 0.143. The van der Waals surface area contributed by atoms with Gasteiger partial charge in [-0.25, -0.2) is 0 Å². The summed E-state index contributed by atoms with van der Waals surface area (Å²) >= 11 is 0. The molecule has 1 aliphatic rings. The second kappa shape index (κ2) is 7.34. The lowest BCUT2D eigenvalue weighted by atomic mass is 9.92. The van der Waals surface area contributed by atoms with Gasteiger partial charge in [-0.1, -0.05) is 20.8 Å². The Labute approximate surface area is 107 Å². The fourth-order valence-electron chi connectivity index (χ4n) is 1.94. The molecule has 1 rings (SSSR count). The maximum atomic E-state index is 5.16. The van der Waals surface area contributed by atoms with Gasteiger partial charge < -0.3 is 10.1 Å². The lowest BCUT2D eigenvalue weighted by Crippen LogP contribution is -2.36. The third-order valence-electron chi connectivity index (χ3n) is 3.27. The predicted molar refractivity (Wildman–Crippen MR) is 73.4 cm³/mol. The SMILES string of the molecule is COCCN(CCNCCC(C)(C)C)C1CC1. The van der Waals surface area contributed by atoms with Crippen molar-refractivity contribution in [2.24, 2.45) is 5.41 Å². The van der Waals surface area contributed by atoms with Crippen molar-refractivity contribution in [2.75, 3.05) is 39.9 Å². The second-order valence-corrected chi connectivity index (χ2v) is 6.32. The van der Waals surface area contributed by atoms with E-state index >= 15 is 0 Å². The Bertz CT molecular complexity index is 197. The topological polar surface area (TPSA) is 24.5 Å². The fourth-order valence-corrected chi connectivity index (χ4v) is 1.94. The Kier molecular flexibility index (Phi) is 6.45. The van der Waals surface area contributed by atoms with Gasteiger partial charge in [0.15, 0.2) is 0 Å². The van der Waals surface area contributed by atoms with Crippen LogP contribution in [-0.4, -0.2) is 50.8 Å². The van der Waals surface area contributed by atoms with Gasteiger partial charge in [0, 0.05) is 32.8 Å². The van der Waals surface area contributed by atoms with Gasteiger partial charge in [-0.2, -0.15) is 0 Å². The molecule has 0 aromatic rings. The Morgan fingerprint density at radius 3 is 2.41 bits per heavy atom. The van der Waals surface area contributed by atoms with Gasteiger partial charge in [-0.15, -0.1) is 0 Å². The summed E-state index contributed by atoms with van der Waals surface area (Å²) < 4.78 is 5.16. The van der Waals surface area contributed by atoms with E-state index in [4.69, 9.17) is 4.74 Å². The van der Waals surface area contributed by atoms with E-state index in [1.807, 2.05) is 0 Å². The van der Waals surface area contributed by atoms with Gasteiger partial charge in [-0.05, 0) is 31.2 Å². The summed E-state index contributed by atoms with van der Waals surface area (Å²) in [7, 11) is 1.78. The minimum atomic E-state index is 0.444. The van der Waals surface area contributed by atoms with Gasteiger partial charge in [0.05, 0.1) is 6.61 Å². The number of methoxy groups -OCH3 is 1. The Balaban J connectivity index is 2.02. The fraction of sp³-hybridized carbons (Fsp3) is 1.00. The van der Waals surface area contributed by atoms with Crippen LogP contribution >= 0.6 is 0 Å². The molecule has 0 heterocycles. The van der Waals surface area contributed by atoms with E-state index in [2.05, 4.69) is 31.0 Å². The molecule has 0 aromatic carbocycles. The van der Waals surface area contributed by atoms with Crippen molar-refractivity contribution in [3.05, 3.63) is 0 Å². The highest BCUT2D eigenvalue weighted by molar-refractivity contribution is 4.84. The molecule has 0 unspecified atom stereocenters. The number of hydrogen-bond donors (Lipinski definition) is 1. The molecule has 1 fully saturated rings. The van der Waals surface area contributed by atoms with Crippen molar-refractivity contribution in [3.63, 3.8) is 0 Å². The lowest BCUT2D eigenvalue weighted by Gasteiger charge is -2.22. The summed E-state index contributed by atoms with van der Waals surface area (Å²) in [4.78, 5) is 2.56. The van der Waals surface area contributed by atoms with Crippen LogP contribution in [0.15, 0.2) is 0 Å². The molecule has 0 radical (unpaired) electrons. The molecule has 0 bridgehead atoms. The first-order chi connectivity index (χ1) is 8.03. The highest BCUT2D eigenvalue weighted by atomic mass is 16.5. The maximum absolute atomic E-state index is 5.16. The van der Waals surface area contributed by atoms with E-state index in [-0.39, 0.29) is 0 Å². The van der Waals surface area contributed by atoms with E-state index in [0.29, 0.717) is 5.41 Å². The summed E-state index contributed by atoms with van der Waals surface area (Å²) in [5, 5.41) is 3.55. The van der Waals surface area contributed by atoms with Crippen LogP contribution in [-0.2, 0) is 4.74 Å². The van der Waals surface area contributed by atoms with Crippen LogP contribution in [0.1, 0.15) is 40.0 Å². The van der Waals surface area contributed by atoms with Crippen molar-refractivity contribution in [1.29, 1.82) is 0 Å². The Hall–Kier alpha value is -0.120. The van der Waals surface area contributed by atoms with E-state index < -0.39 is 0 Å². The quantitative estimate of drug-likeness (QED) is 0.627. The Morgan fingerprint density at radius 1 is 1.18 bits per heavy atom. The first-order valence-corrected chi connectivity index (χ1v) is 6.96. The molecule has 0 spiro atoms. The van der Waals surface area contributed by atoms with Crippen molar-refractivity contribution in [1.82, 2.24) is 10.2 Å². The minimum Gasteiger partial charge on any atom is -0.383 e. The molecule has 1 saturated carbocycles. The van der Waals surface area contributed by atoms with E-state index in [1.165, 1.54) is 19.3 Å². The van der Waals surface area contributed by atoms with Crippen LogP contribution in [0.4, 0.5) is 0 Å². The van der Waals surface area contributed by atoms with Gasteiger partial charge in [0.25, 0.3) is 0 Å². The van der Waals surface area contributed by atoms with Crippen molar-refractivity contribution in [2.45, 2.75) is 46.1 Å². The molecule has 0 atom stereocenters. The third kappa shape index (κ3) is 7.74. The number of ether oxygens (including phenoxy) is 1. The number of rotatable bonds is 9. The number of hydrogen-bond acceptors (Lipinski definition) is 3. The minimum absolute atomic E-state index is 0.444. The van der Waals surface area contributed by atoms with Crippen molar-refractivity contribution in [3.8, 4) is 0 Å². The molecular weight excluding hydrogens is 212 g/mol. The standard InChI is InChI=1S/C14H30N2O/c1-14(2,3)7-8-15-9-10-16(11-12-17-4)13-5-6-13/h13,15H,5-12H2,1-4H3. The van der Waals surface area contributed by atoms with Gasteiger partial charge in [0.1, 0.15) is 0 Å². The predicted octanol–water partition coefficient (Wildman–Crippen LogP) is 2.12. The van der Waals surface area contributed by atoms with E-state index in [1.54, 1.807) is 7.11 Å². The molecule has 1 N–H and O–H groups in total. The van der Waals surface area contributed by atoms with Gasteiger partial charge >= 0.3 is 0 Å². The zero-order chi connectivity index (χ0) is 12.7. The highest BCUT2D eigenvalue weighted by Gasteiger charge is 2.27. The van der Waals surface area contributed by atoms with Gasteiger partial charge in [0.2, 0.25) is 0 Å². The number of nitrogens with one attached hydrogen (secondary N) is 1. The summed E-state index contributed by atoms with van der Waals surface area (Å²) in [5.74, 6) is 0. The zero-order valence-corrected chi connectivity index (χ0v) is 12.1. The van der Waals surface area contributed by atoms with Crippen LogP contribution in [0.3, 0.4) is 0 Å². The molecule has 0 aliphatic heterocycles. The molecular formula is C14H30N2O. The van der Waals surface area contributed by atoms with Crippen molar-refractivity contribution < 1.29 is 4.74 Å². The zero-order valence-electron chi connectivity index (χ0n) is 12.1. The second-order valence-electron chi connectivity index (χ2n) is 6.32.